The maximum atomic E-state index is 5.59. The van der Waals surface area contributed by atoms with Crippen LogP contribution in [0.15, 0.2) is 18.2 Å². The Kier molecular flexibility index (Phi) is 5.80. The van der Waals surface area contributed by atoms with Gasteiger partial charge in [0.1, 0.15) is 6.61 Å². The van der Waals surface area contributed by atoms with E-state index in [4.69, 9.17) is 19.9 Å². The number of hydrogen-bond acceptors (Lipinski definition) is 4. The largest absolute Gasteiger partial charge is 0.493 e. The molecule has 96 valence electrons. The molecule has 2 N–H and O–H groups in total. The molecule has 0 saturated carbocycles. The van der Waals surface area contributed by atoms with Crippen LogP contribution in [0.2, 0.25) is 0 Å². The molecule has 0 saturated heterocycles. The van der Waals surface area contributed by atoms with Gasteiger partial charge in [0.15, 0.2) is 11.5 Å². The van der Waals surface area contributed by atoms with Crippen LogP contribution in [0.3, 0.4) is 0 Å². The van der Waals surface area contributed by atoms with Gasteiger partial charge < -0.3 is 19.9 Å². The summed E-state index contributed by atoms with van der Waals surface area (Å²) in [6.45, 7) is 5.57. The predicted molar refractivity (Wildman–Crippen MR) is 67.5 cm³/mol. The zero-order valence-electron chi connectivity index (χ0n) is 10.7. The van der Waals surface area contributed by atoms with Gasteiger partial charge in [0.2, 0.25) is 0 Å². The maximum absolute atomic E-state index is 5.59. The Balaban J connectivity index is 2.52. The van der Waals surface area contributed by atoms with Gasteiger partial charge in [0, 0.05) is 6.54 Å². The van der Waals surface area contributed by atoms with Crippen molar-refractivity contribution in [1.82, 2.24) is 0 Å². The summed E-state index contributed by atoms with van der Waals surface area (Å²) >= 11 is 0. The van der Waals surface area contributed by atoms with E-state index in [2.05, 4.69) is 0 Å². The van der Waals surface area contributed by atoms with Gasteiger partial charge in [-0.15, -0.1) is 0 Å². The lowest BCUT2D eigenvalue weighted by atomic mass is 10.2. The molecule has 0 atom stereocenters. The van der Waals surface area contributed by atoms with Crippen LogP contribution in [0.1, 0.15) is 19.4 Å². The van der Waals surface area contributed by atoms with E-state index in [-0.39, 0.29) is 6.10 Å². The van der Waals surface area contributed by atoms with Crippen molar-refractivity contribution < 1.29 is 14.2 Å². The minimum Gasteiger partial charge on any atom is -0.493 e. The summed E-state index contributed by atoms with van der Waals surface area (Å²) in [5.41, 5.74) is 6.58. The Morgan fingerprint density at radius 2 is 1.94 bits per heavy atom. The van der Waals surface area contributed by atoms with Crippen molar-refractivity contribution in [3.63, 3.8) is 0 Å². The van der Waals surface area contributed by atoms with Gasteiger partial charge >= 0.3 is 0 Å². The molecule has 0 aliphatic rings. The smallest absolute Gasteiger partial charge is 0.161 e. The first-order valence-corrected chi connectivity index (χ1v) is 5.78. The maximum Gasteiger partial charge on any atom is 0.161 e. The molecule has 0 bridgehead atoms. The SMILES string of the molecule is COc1cc(CN)ccc1OCCOC(C)C. The quantitative estimate of drug-likeness (QED) is 0.739. The number of ether oxygens (including phenoxy) is 3. The summed E-state index contributed by atoms with van der Waals surface area (Å²) in [6, 6.07) is 5.69. The summed E-state index contributed by atoms with van der Waals surface area (Å²) in [4.78, 5) is 0. The molecule has 4 nitrogen and oxygen atoms in total. The minimum absolute atomic E-state index is 0.222. The van der Waals surface area contributed by atoms with Crippen molar-refractivity contribution in [2.75, 3.05) is 20.3 Å². The Bertz CT molecular complexity index is 339. The van der Waals surface area contributed by atoms with Crippen LogP contribution >= 0.6 is 0 Å². The predicted octanol–water partition coefficient (Wildman–Crippen LogP) is 1.96. The van der Waals surface area contributed by atoms with Crippen molar-refractivity contribution in [3.05, 3.63) is 23.8 Å². The van der Waals surface area contributed by atoms with Crippen molar-refractivity contribution in [1.29, 1.82) is 0 Å². The third-order valence-corrected chi connectivity index (χ3v) is 2.26. The van der Waals surface area contributed by atoms with E-state index in [1.807, 2.05) is 32.0 Å². The third kappa shape index (κ3) is 4.63. The summed E-state index contributed by atoms with van der Waals surface area (Å²) in [7, 11) is 1.62. The molecule has 17 heavy (non-hydrogen) atoms. The zero-order valence-corrected chi connectivity index (χ0v) is 10.7. The van der Waals surface area contributed by atoms with E-state index >= 15 is 0 Å². The fourth-order valence-corrected chi connectivity index (χ4v) is 1.39. The van der Waals surface area contributed by atoms with Crippen LogP contribution in [0, 0.1) is 0 Å². The average molecular weight is 239 g/mol. The van der Waals surface area contributed by atoms with Crippen LogP contribution in [-0.4, -0.2) is 26.4 Å². The van der Waals surface area contributed by atoms with Crippen LogP contribution < -0.4 is 15.2 Å². The molecule has 0 amide bonds. The van der Waals surface area contributed by atoms with Gasteiger partial charge in [-0.25, -0.2) is 0 Å². The molecule has 4 heteroatoms. The van der Waals surface area contributed by atoms with E-state index in [1.165, 1.54) is 0 Å². The molecule has 0 fully saturated rings. The van der Waals surface area contributed by atoms with Crippen LogP contribution in [0.5, 0.6) is 11.5 Å². The van der Waals surface area contributed by atoms with Crippen molar-refractivity contribution in [3.8, 4) is 11.5 Å². The summed E-state index contributed by atoms with van der Waals surface area (Å²) in [5, 5.41) is 0. The number of rotatable bonds is 7. The standard InChI is InChI=1S/C13H21NO3/c1-10(2)16-6-7-17-12-5-4-11(9-14)8-13(12)15-3/h4-5,8,10H,6-7,9,14H2,1-3H3. The molecule has 1 aromatic carbocycles. The summed E-state index contributed by atoms with van der Waals surface area (Å²) in [5.74, 6) is 1.43. The molecule has 1 rings (SSSR count). The van der Waals surface area contributed by atoms with Crippen LogP contribution in [0.4, 0.5) is 0 Å². The van der Waals surface area contributed by atoms with Gasteiger partial charge in [0.25, 0.3) is 0 Å². The summed E-state index contributed by atoms with van der Waals surface area (Å²) < 4.78 is 16.2. The Morgan fingerprint density at radius 3 is 2.53 bits per heavy atom. The van der Waals surface area contributed by atoms with Crippen molar-refractivity contribution in [2.45, 2.75) is 26.5 Å². The number of benzene rings is 1. The Labute approximate surface area is 103 Å². The molecule has 0 unspecified atom stereocenters. The van der Waals surface area contributed by atoms with Gasteiger partial charge in [-0.2, -0.15) is 0 Å². The van der Waals surface area contributed by atoms with E-state index in [0.717, 1.165) is 11.3 Å². The molecule has 0 aromatic heterocycles. The molecular weight excluding hydrogens is 218 g/mol. The highest BCUT2D eigenvalue weighted by molar-refractivity contribution is 5.42. The van der Waals surface area contributed by atoms with E-state index in [9.17, 15) is 0 Å². The van der Waals surface area contributed by atoms with Crippen LogP contribution in [-0.2, 0) is 11.3 Å². The Morgan fingerprint density at radius 1 is 1.18 bits per heavy atom. The lowest BCUT2D eigenvalue weighted by Crippen LogP contribution is -2.11. The normalized spacial score (nSPS) is 10.6. The highest BCUT2D eigenvalue weighted by atomic mass is 16.5. The molecule has 0 heterocycles. The Hall–Kier alpha value is -1.26. The zero-order chi connectivity index (χ0) is 12.7. The number of methoxy groups -OCH3 is 1. The lowest BCUT2D eigenvalue weighted by Gasteiger charge is -2.12. The summed E-state index contributed by atoms with van der Waals surface area (Å²) in [6.07, 6.45) is 0.222. The first-order valence-electron chi connectivity index (χ1n) is 5.78. The first kappa shape index (κ1) is 13.8. The highest BCUT2D eigenvalue weighted by Gasteiger charge is 2.05. The fraction of sp³-hybridized carbons (Fsp3) is 0.538. The molecule has 0 radical (unpaired) electrons. The molecule has 0 aliphatic carbocycles. The molecule has 0 spiro atoms. The van der Waals surface area contributed by atoms with Gasteiger partial charge in [0.05, 0.1) is 19.8 Å². The lowest BCUT2D eigenvalue weighted by molar-refractivity contribution is 0.0547. The first-order chi connectivity index (χ1) is 8.17. The second-order valence-electron chi connectivity index (χ2n) is 3.96. The van der Waals surface area contributed by atoms with Crippen LogP contribution in [0.25, 0.3) is 0 Å². The third-order valence-electron chi connectivity index (χ3n) is 2.26. The number of hydrogen-bond donors (Lipinski definition) is 1. The topological polar surface area (TPSA) is 53.7 Å². The highest BCUT2D eigenvalue weighted by Crippen LogP contribution is 2.27. The second-order valence-corrected chi connectivity index (χ2v) is 3.96. The molecular formula is C13H21NO3. The van der Waals surface area contributed by atoms with Gasteiger partial charge in [-0.05, 0) is 31.5 Å². The van der Waals surface area contributed by atoms with Gasteiger partial charge in [-0.1, -0.05) is 6.07 Å². The van der Waals surface area contributed by atoms with Crippen molar-refractivity contribution in [2.24, 2.45) is 5.73 Å². The monoisotopic (exact) mass is 239 g/mol. The fourth-order valence-electron chi connectivity index (χ4n) is 1.39. The van der Waals surface area contributed by atoms with E-state index in [0.29, 0.717) is 25.5 Å². The molecule has 0 aliphatic heterocycles. The number of nitrogens with two attached hydrogens (primary N) is 1. The van der Waals surface area contributed by atoms with E-state index in [1.54, 1.807) is 7.11 Å². The van der Waals surface area contributed by atoms with Gasteiger partial charge in [-0.3, -0.25) is 0 Å². The second kappa shape index (κ2) is 7.14. The average Bonchev–Trinajstić information content (AvgIpc) is 2.34. The van der Waals surface area contributed by atoms with E-state index < -0.39 is 0 Å². The minimum atomic E-state index is 0.222. The molecule has 1 aromatic rings. The van der Waals surface area contributed by atoms with Crippen molar-refractivity contribution >= 4 is 0 Å².